The van der Waals surface area contributed by atoms with Crippen molar-refractivity contribution in [2.24, 2.45) is 0 Å². The third kappa shape index (κ3) is 3.56. The molecule has 0 heterocycles. The van der Waals surface area contributed by atoms with Gasteiger partial charge in [-0.1, -0.05) is 60.1 Å². The lowest BCUT2D eigenvalue weighted by atomic mass is 10.1. The zero-order valence-corrected chi connectivity index (χ0v) is 11.5. The van der Waals surface area contributed by atoms with Crippen LogP contribution in [0.4, 0.5) is 0 Å². The molecular formula is C15H11ClO2S. The van der Waals surface area contributed by atoms with Gasteiger partial charge in [0.05, 0.1) is 5.37 Å². The molecule has 0 aliphatic carbocycles. The Bertz CT molecular complexity index is 659. The van der Waals surface area contributed by atoms with Gasteiger partial charge in [0.1, 0.15) is 0 Å². The van der Waals surface area contributed by atoms with E-state index in [0.29, 0.717) is 5.02 Å². The van der Waals surface area contributed by atoms with E-state index in [1.165, 1.54) is 0 Å². The molecule has 2 nitrogen and oxygen atoms in total. The fraction of sp³-hybridized carbons (Fsp3) is 0. The first-order chi connectivity index (χ1) is 9.18. The van der Waals surface area contributed by atoms with E-state index in [2.05, 4.69) is 0 Å². The van der Waals surface area contributed by atoms with Gasteiger partial charge in [0.25, 0.3) is 0 Å². The molecule has 0 aliphatic heterocycles. The predicted molar refractivity (Wildman–Crippen MR) is 82.4 cm³/mol. The molecule has 96 valence electrons. The number of hydrogen-bond donors (Lipinski definition) is 1. The topological polar surface area (TPSA) is 37.3 Å². The second-order valence-corrected chi connectivity index (χ2v) is 5.04. The molecule has 0 spiro atoms. The molecule has 2 aromatic rings. The van der Waals surface area contributed by atoms with Crippen LogP contribution >= 0.6 is 22.5 Å². The second kappa shape index (κ2) is 6.36. The number of hydrogen-bond acceptors (Lipinski definition) is 1. The van der Waals surface area contributed by atoms with Gasteiger partial charge in [-0.2, -0.15) is 0 Å². The number of halogens is 1. The van der Waals surface area contributed by atoms with Gasteiger partial charge in [0.15, 0.2) is 0 Å². The first-order valence-electron chi connectivity index (χ1n) is 5.58. The van der Waals surface area contributed by atoms with Crippen LogP contribution in [0.2, 0.25) is 5.02 Å². The molecule has 0 aliphatic rings. The molecule has 0 unspecified atom stereocenters. The van der Waals surface area contributed by atoms with Crippen molar-refractivity contribution in [3.63, 3.8) is 0 Å². The van der Waals surface area contributed by atoms with Gasteiger partial charge in [-0.3, -0.25) is 0 Å². The van der Waals surface area contributed by atoms with Gasteiger partial charge in [-0.25, -0.2) is 4.79 Å². The Labute approximate surface area is 119 Å². The van der Waals surface area contributed by atoms with Crippen molar-refractivity contribution in [1.82, 2.24) is 0 Å². The van der Waals surface area contributed by atoms with E-state index in [-0.39, 0.29) is 0 Å². The summed E-state index contributed by atoms with van der Waals surface area (Å²) in [7, 11) is 1.16. The van der Waals surface area contributed by atoms with Crippen LogP contribution in [0.25, 0.3) is 0 Å². The third-order valence-corrected chi connectivity index (χ3v) is 3.77. The van der Waals surface area contributed by atoms with Gasteiger partial charge >= 0.3 is 5.97 Å². The Balaban J connectivity index is 2.64. The highest BCUT2D eigenvalue weighted by Crippen LogP contribution is 2.20. The maximum absolute atomic E-state index is 10.7. The molecule has 0 aromatic heterocycles. The average Bonchev–Trinajstić information content (AvgIpc) is 2.42. The number of carboxylic acid groups (broad SMARTS) is 1. The molecule has 0 atom stereocenters. The van der Waals surface area contributed by atoms with Crippen molar-refractivity contribution in [1.29, 1.82) is 0 Å². The van der Waals surface area contributed by atoms with Crippen molar-refractivity contribution in [3.8, 4) is 0 Å². The van der Waals surface area contributed by atoms with Gasteiger partial charge in [0.2, 0.25) is 0 Å². The summed E-state index contributed by atoms with van der Waals surface area (Å²) in [5.41, 5.74) is 1.77. The van der Waals surface area contributed by atoms with E-state index >= 15 is 0 Å². The molecule has 4 heteroatoms. The van der Waals surface area contributed by atoms with E-state index in [0.717, 1.165) is 32.3 Å². The number of rotatable bonds is 3. The smallest absolute Gasteiger partial charge is 0.338 e. The van der Waals surface area contributed by atoms with Crippen LogP contribution < -0.4 is 0 Å². The zero-order valence-electron chi connectivity index (χ0n) is 9.92. The first kappa shape index (κ1) is 13.6. The summed E-state index contributed by atoms with van der Waals surface area (Å²) in [6, 6.07) is 17.0. The third-order valence-electron chi connectivity index (χ3n) is 2.43. The van der Waals surface area contributed by atoms with Gasteiger partial charge < -0.3 is 5.11 Å². The zero-order chi connectivity index (χ0) is 13.7. The molecular weight excluding hydrogens is 280 g/mol. The second-order valence-electron chi connectivity index (χ2n) is 3.75. The minimum absolute atomic E-state index is 0.604. The fourth-order valence-corrected chi connectivity index (χ4v) is 2.71. The van der Waals surface area contributed by atoms with E-state index in [1.807, 2.05) is 48.5 Å². The standard InChI is InChI=1S/C15H11ClO2S/c16-13-9-5-4-8-12(13)15(19-10-14(17)18)11-6-2-1-3-7-11/h1-10H,(H,17,18). The number of benzene rings is 2. The van der Waals surface area contributed by atoms with Crippen LogP contribution in [0, 0.1) is 0 Å². The normalized spacial score (nSPS) is 9.74. The Hall–Kier alpha value is -1.84. The fourth-order valence-electron chi connectivity index (χ4n) is 1.63. The lowest BCUT2D eigenvalue weighted by Crippen LogP contribution is -2.02. The Morgan fingerprint density at radius 3 is 2.32 bits per heavy atom. The lowest BCUT2D eigenvalue weighted by Gasteiger charge is -2.07. The minimum Gasteiger partial charge on any atom is -0.477 e. The summed E-state index contributed by atoms with van der Waals surface area (Å²) in [5, 5.41) is 10.6. The molecule has 0 fully saturated rings. The number of carbonyl (C=O) groups is 1. The van der Waals surface area contributed by atoms with E-state index in [4.69, 9.17) is 16.7 Å². The van der Waals surface area contributed by atoms with Crippen LogP contribution in [0.3, 0.4) is 0 Å². The van der Waals surface area contributed by atoms with Crippen molar-refractivity contribution in [3.05, 3.63) is 70.7 Å². The highest BCUT2D eigenvalue weighted by molar-refractivity contribution is 7.98. The Kier molecular flexibility index (Phi) is 4.55. The molecule has 0 bridgehead atoms. The largest absolute Gasteiger partial charge is 0.477 e. The van der Waals surface area contributed by atoms with Gasteiger partial charge in [-0.05, 0) is 11.6 Å². The van der Waals surface area contributed by atoms with Crippen LogP contribution in [0.15, 0.2) is 54.6 Å². The quantitative estimate of drug-likeness (QED) is 0.693. The maximum Gasteiger partial charge on any atom is 0.338 e. The molecule has 0 saturated carbocycles. The summed E-state index contributed by atoms with van der Waals surface area (Å²) in [6.45, 7) is 0. The molecule has 0 amide bonds. The highest BCUT2D eigenvalue weighted by atomic mass is 35.5. The molecule has 1 N–H and O–H groups in total. The van der Waals surface area contributed by atoms with Gasteiger partial charge in [-0.15, -0.1) is 10.9 Å². The molecule has 0 saturated heterocycles. The summed E-state index contributed by atoms with van der Waals surface area (Å²) in [5.74, 6) is -0.967. The minimum atomic E-state index is -0.967. The van der Waals surface area contributed by atoms with Crippen LogP contribution in [0.1, 0.15) is 11.1 Å². The maximum atomic E-state index is 10.7. The SMILES string of the molecule is O=C(O)C=S=C(c1ccccc1)c1ccccc1Cl. The molecule has 0 radical (unpaired) electrons. The van der Waals surface area contributed by atoms with Crippen LogP contribution in [-0.2, 0) is 4.79 Å². The number of aliphatic carboxylic acids is 1. The van der Waals surface area contributed by atoms with Gasteiger partial charge in [0, 0.05) is 15.5 Å². The van der Waals surface area contributed by atoms with E-state index in [1.54, 1.807) is 6.07 Å². The summed E-state index contributed by atoms with van der Waals surface area (Å²) in [6.07, 6.45) is 0. The van der Waals surface area contributed by atoms with E-state index in [9.17, 15) is 4.79 Å². The summed E-state index contributed by atoms with van der Waals surface area (Å²) < 4.78 is 0. The summed E-state index contributed by atoms with van der Waals surface area (Å²) in [4.78, 5) is 11.6. The molecule has 19 heavy (non-hydrogen) atoms. The average molecular weight is 291 g/mol. The molecule has 2 aromatic carbocycles. The monoisotopic (exact) mass is 290 g/mol. The van der Waals surface area contributed by atoms with Crippen molar-refractivity contribution in [2.75, 3.05) is 0 Å². The molecule has 2 rings (SSSR count). The van der Waals surface area contributed by atoms with Crippen molar-refractivity contribution in [2.45, 2.75) is 0 Å². The van der Waals surface area contributed by atoms with Crippen LogP contribution in [-0.4, -0.2) is 21.3 Å². The first-order valence-corrected chi connectivity index (χ1v) is 6.84. The van der Waals surface area contributed by atoms with E-state index < -0.39 is 5.97 Å². The number of carboxylic acids is 1. The van der Waals surface area contributed by atoms with Crippen LogP contribution in [0.5, 0.6) is 0 Å². The Morgan fingerprint density at radius 1 is 1.05 bits per heavy atom. The predicted octanol–water partition coefficient (Wildman–Crippen LogP) is 3.53. The Morgan fingerprint density at radius 2 is 1.68 bits per heavy atom. The lowest BCUT2D eigenvalue weighted by molar-refractivity contribution is -0.128. The van der Waals surface area contributed by atoms with Crippen molar-refractivity contribution < 1.29 is 9.90 Å². The van der Waals surface area contributed by atoms with Crippen molar-refractivity contribution >= 4 is 38.7 Å². The summed E-state index contributed by atoms with van der Waals surface area (Å²) >= 11 is 6.19. The highest BCUT2D eigenvalue weighted by Gasteiger charge is 2.07.